The molecule has 0 saturated heterocycles. The molecule has 0 bridgehead atoms. The number of aromatic carboxylic acids is 1. The Bertz CT molecular complexity index is 527. The van der Waals surface area contributed by atoms with Crippen molar-refractivity contribution < 1.29 is 14.7 Å². The topological polar surface area (TPSA) is 57.6 Å². The van der Waals surface area contributed by atoms with E-state index in [4.69, 9.17) is 5.11 Å². The van der Waals surface area contributed by atoms with Gasteiger partial charge in [-0.25, -0.2) is 4.79 Å². The van der Waals surface area contributed by atoms with E-state index < -0.39 is 5.97 Å². The molecule has 21 heavy (non-hydrogen) atoms. The minimum absolute atomic E-state index is 0.143. The third-order valence-corrected chi connectivity index (χ3v) is 4.52. The van der Waals surface area contributed by atoms with Gasteiger partial charge in [0.2, 0.25) is 5.91 Å². The van der Waals surface area contributed by atoms with Crippen molar-refractivity contribution in [1.82, 2.24) is 4.90 Å². The van der Waals surface area contributed by atoms with Crippen molar-refractivity contribution in [3.05, 3.63) is 35.4 Å². The van der Waals surface area contributed by atoms with Crippen molar-refractivity contribution in [2.75, 3.05) is 13.6 Å². The summed E-state index contributed by atoms with van der Waals surface area (Å²) in [5, 5.41) is 9.17. The van der Waals surface area contributed by atoms with Gasteiger partial charge in [0.15, 0.2) is 0 Å². The summed E-state index contributed by atoms with van der Waals surface area (Å²) in [5.74, 6) is -0.104. The van der Waals surface area contributed by atoms with Crippen LogP contribution in [0.15, 0.2) is 24.3 Å². The smallest absolute Gasteiger partial charge is 0.335 e. The summed E-state index contributed by atoms with van der Waals surface area (Å²) >= 11 is 0. The fourth-order valence-corrected chi connectivity index (χ4v) is 3.14. The van der Waals surface area contributed by atoms with Crippen molar-refractivity contribution in [2.24, 2.45) is 11.8 Å². The van der Waals surface area contributed by atoms with Crippen molar-refractivity contribution in [3.8, 4) is 0 Å². The number of nitrogens with zero attached hydrogens (tertiary/aromatic N) is 1. The van der Waals surface area contributed by atoms with Gasteiger partial charge in [-0.2, -0.15) is 0 Å². The number of hydrogen-bond donors (Lipinski definition) is 1. The molecule has 1 aliphatic carbocycles. The second kappa shape index (κ2) is 6.74. The van der Waals surface area contributed by atoms with E-state index in [1.165, 1.54) is 0 Å². The highest BCUT2D eigenvalue weighted by atomic mass is 16.4. The normalized spacial score (nSPS) is 21.2. The van der Waals surface area contributed by atoms with Gasteiger partial charge in [0, 0.05) is 19.5 Å². The summed E-state index contributed by atoms with van der Waals surface area (Å²) in [6.07, 6.45) is 3.82. The highest BCUT2D eigenvalue weighted by Crippen LogP contribution is 2.32. The van der Waals surface area contributed by atoms with Gasteiger partial charge in [-0.3, -0.25) is 4.79 Å². The van der Waals surface area contributed by atoms with E-state index in [1.807, 2.05) is 19.2 Å². The minimum Gasteiger partial charge on any atom is -0.478 e. The van der Waals surface area contributed by atoms with Crippen LogP contribution >= 0.6 is 0 Å². The lowest BCUT2D eigenvalue weighted by Crippen LogP contribution is -2.35. The molecule has 1 amide bonds. The first-order valence-electron chi connectivity index (χ1n) is 7.57. The lowest BCUT2D eigenvalue weighted by atomic mass is 9.96. The van der Waals surface area contributed by atoms with Crippen molar-refractivity contribution >= 4 is 11.9 Å². The van der Waals surface area contributed by atoms with Crippen LogP contribution in [0, 0.1) is 11.8 Å². The Morgan fingerprint density at radius 3 is 2.62 bits per heavy atom. The minimum atomic E-state index is -0.913. The lowest BCUT2D eigenvalue weighted by molar-refractivity contribution is -0.135. The lowest BCUT2D eigenvalue weighted by Gasteiger charge is -2.23. The number of carboxylic acid groups (broad SMARTS) is 1. The molecule has 0 heterocycles. The number of rotatable bonds is 5. The Kier molecular flexibility index (Phi) is 4.99. The maximum Gasteiger partial charge on any atom is 0.335 e. The van der Waals surface area contributed by atoms with Crippen LogP contribution in [0.2, 0.25) is 0 Å². The molecule has 0 aliphatic heterocycles. The highest BCUT2D eigenvalue weighted by Gasteiger charge is 2.31. The van der Waals surface area contributed by atoms with E-state index in [2.05, 4.69) is 6.92 Å². The molecule has 114 valence electrons. The Hall–Kier alpha value is -1.84. The zero-order valence-electron chi connectivity index (χ0n) is 12.7. The first kappa shape index (κ1) is 15.5. The molecule has 1 N–H and O–H groups in total. The molecule has 4 heteroatoms. The molecule has 2 atom stereocenters. The number of carbonyl (C=O) groups excluding carboxylic acids is 1. The molecule has 0 radical (unpaired) electrons. The van der Waals surface area contributed by atoms with Gasteiger partial charge < -0.3 is 10.0 Å². The van der Waals surface area contributed by atoms with E-state index in [0.29, 0.717) is 24.4 Å². The average Bonchev–Trinajstić information content (AvgIpc) is 2.90. The van der Waals surface area contributed by atoms with E-state index in [-0.39, 0.29) is 11.8 Å². The molecule has 2 rings (SSSR count). The van der Waals surface area contributed by atoms with Gasteiger partial charge in [0.05, 0.1) is 5.56 Å². The number of likely N-dealkylation sites (N-methyl/N-ethyl adjacent to an activating group) is 1. The predicted octanol–water partition coefficient (Wildman–Crippen LogP) is 2.82. The highest BCUT2D eigenvalue weighted by molar-refractivity contribution is 5.89. The summed E-state index contributed by atoms with van der Waals surface area (Å²) in [6.45, 7) is 2.70. The van der Waals surface area contributed by atoms with E-state index in [1.54, 1.807) is 17.0 Å². The summed E-state index contributed by atoms with van der Waals surface area (Å²) < 4.78 is 0. The quantitative estimate of drug-likeness (QED) is 0.906. The number of benzene rings is 1. The van der Waals surface area contributed by atoms with Gasteiger partial charge in [-0.15, -0.1) is 0 Å². The molecular weight excluding hydrogens is 266 g/mol. The fourth-order valence-electron chi connectivity index (χ4n) is 3.14. The monoisotopic (exact) mass is 289 g/mol. The van der Waals surface area contributed by atoms with Crippen LogP contribution in [0.3, 0.4) is 0 Å². The van der Waals surface area contributed by atoms with Crippen molar-refractivity contribution in [3.63, 3.8) is 0 Å². The number of amides is 1. The molecule has 1 aromatic rings. The number of carbonyl (C=O) groups is 2. The summed E-state index contributed by atoms with van der Waals surface area (Å²) in [4.78, 5) is 25.3. The summed E-state index contributed by atoms with van der Waals surface area (Å²) in [5.41, 5.74) is 1.11. The zero-order valence-corrected chi connectivity index (χ0v) is 12.7. The fraction of sp³-hybridized carbons (Fsp3) is 0.529. The SMILES string of the molecule is CC1CCCC1C(=O)N(C)CCc1ccccc1C(=O)O. The third kappa shape index (κ3) is 3.63. The van der Waals surface area contributed by atoms with Crippen LogP contribution in [0.4, 0.5) is 0 Å². The standard InChI is InChI=1S/C17H23NO3/c1-12-6-5-9-14(12)16(19)18(2)11-10-13-7-3-4-8-15(13)17(20)21/h3-4,7-8,12,14H,5-6,9-11H2,1-2H3,(H,20,21). The number of hydrogen-bond acceptors (Lipinski definition) is 2. The van der Waals surface area contributed by atoms with E-state index in [9.17, 15) is 9.59 Å². The molecule has 4 nitrogen and oxygen atoms in total. The second-order valence-electron chi connectivity index (χ2n) is 5.99. The largest absolute Gasteiger partial charge is 0.478 e. The van der Waals surface area contributed by atoms with Gasteiger partial charge in [0.1, 0.15) is 0 Å². The van der Waals surface area contributed by atoms with Crippen LogP contribution in [-0.2, 0) is 11.2 Å². The molecule has 1 saturated carbocycles. The Balaban J connectivity index is 1.96. The predicted molar refractivity (Wildman–Crippen MR) is 81.2 cm³/mol. The molecule has 0 aromatic heterocycles. The van der Waals surface area contributed by atoms with E-state index >= 15 is 0 Å². The van der Waals surface area contributed by atoms with Crippen molar-refractivity contribution in [2.45, 2.75) is 32.6 Å². The van der Waals surface area contributed by atoms with Crippen LogP contribution in [0.1, 0.15) is 42.1 Å². The van der Waals surface area contributed by atoms with Gasteiger partial charge in [0.25, 0.3) is 0 Å². The van der Waals surface area contributed by atoms with Crippen LogP contribution in [0.25, 0.3) is 0 Å². The first-order valence-corrected chi connectivity index (χ1v) is 7.57. The second-order valence-corrected chi connectivity index (χ2v) is 5.99. The number of carboxylic acids is 1. The van der Waals surface area contributed by atoms with Crippen molar-refractivity contribution in [1.29, 1.82) is 0 Å². The van der Waals surface area contributed by atoms with Gasteiger partial charge in [-0.05, 0) is 36.8 Å². The molecule has 0 spiro atoms. The first-order chi connectivity index (χ1) is 10.0. The van der Waals surface area contributed by atoms with Crippen LogP contribution in [-0.4, -0.2) is 35.5 Å². The molecular formula is C17H23NO3. The van der Waals surface area contributed by atoms with Gasteiger partial charge in [-0.1, -0.05) is 31.5 Å². The molecule has 1 aliphatic rings. The Morgan fingerprint density at radius 2 is 2.00 bits per heavy atom. The maximum atomic E-state index is 12.4. The zero-order chi connectivity index (χ0) is 15.4. The van der Waals surface area contributed by atoms with Crippen LogP contribution in [0.5, 0.6) is 0 Å². The molecule has 2 unspecified atom stereocenters. The van der Waals surface area contributed by atoms with Crippen LogP contribution < -0.4 is 0 Å². The Morgan fingerprint density at radius 1 is 1.29 bits per heavy atom. The molecule has 1 fully saturated rings. The van der Waals surface area contributed by atoms with E-state index in [0.717, 1.165) is 24.8 Å². The maximum absolute atomic E-state index is 12.4. The Labute approximate surface area is 125 Å². The van der Waals surface area contributed by atoms with Gasteiger partial charge >= 0.3 is 5.97 Å². The summed E-state index contributed by atoms with van der Waals surface area (Å²) in [7, 11) is 1.82. The summed E-state index contributed by atoms with van der Waals surface area (Å²) in [6, 6.07) is 6.99. The molecule has 1 aromatic carbocycles. The third-order valence-electron chi connectivity index (χ3n) is 4.52. The average molecular weight is 289 g/mol.